The Kier molecular flexibility index (Phi) is 5.54. The van der Waals surface area contributed by atoms with Gasteiger partial charge in [-0.15, -0.1) is 11.3 Å². The van der Waals surface area contributed by atoms with Gasteiger partial charge in [-0.05, 0) is 24.3 Å². The zero-order valence-corrected chi connectivity index (χ0v) is 15.3. The van der Waals surface area contributed by atoms with Crippen LogP contribution in [0.2, 0.25) is 0 Å². The van der Waals surface area contributed by atoms with E-state index in [0.717, 1.165) is 29.1 Å². The number of carbonyl (C=O) groups is 5. The lowest BCUT2D eigenvalue weighted by Crippen LogP contribution is -2.37. The number of ether oxygens (including phenoxy) is 1. The number of rotatable bonds is 6. The van der Waals surface area contributed by atoms with Gasteiger partial charge in [-0.1, -0.05) is 12.8 Å². The Labute approximate surface area is 158 Å². The molecule has 2 heterocycles. The highest BCUT2D eigenvalue weighted by molar-refractivity contribution is 7.14. The van der Waals surface area contributed by atoms with E-state index in [1.807, 2.05) is 0 Å². The van der Waals surface area contributed by atoms with E-state index >= 15 is 0 Å². The van der Waals surface area contributed by atoms with Gasteiger partial charge < -0.3 is 15.8 Å². The molecule has 1 saturated heterocycles. The number of thiophene rings is 1. The first-order valence-corrected chi connectivity index (χ1v) is 9.44. The molecule has 2 unspecified atom stereocenters. The predicted molar refractivity (Wildman–Crippen MR) is 94.6 cm³/mol. The molecule has 0 radical (unpaired) electrons. The van der Waals surface area contributed by atoms with Gasteiger partial charge in [-0.2, -0.15) is 0 Å². The van der Waals surface area contributed by atoms with E-state index in [2.05, 4.69) is 5.32 Å². The number of nitrogens with one attached hydrogen (secondary N) is 1. The van der Waals surface area contributed by atoms with Crippen molar-refractivity contribution >= 4 is 45.9 Å². The summed E-state index contributed by atoms with van der Waals surface area (Å²) in [5, 5.41) is 4.28. The van der Waals surface area contributed by atoms with Crippen molar-refractivity contribution in [1.29, 1.82) is 0 Å². The van der Waals surface area contributed by atoms with Gasteiger partial charge in [0.25, 0.3) is 11.8 Å². The predicted octanol–water partition coefficient (Wildman–Crippen LogP) is 0.504. The number of nitrogens with two attached hydrogens (primary N) is 1. The molecule has 1 aliphatic heterocycles. The molecule has 0 spiro atoms. The molecule has 4 amide bonds. The highest BCUT2D eigenvalue weighted by atomic mass is 32.1. The molecule has 2 aliphatic rings. The van der Waals surface area contributed by atoms with Crippen molar-refractivity contribution in [2.24, 2.45) is 17.6 Å². The van der Waals surface area contributed by atoms with Crippen molar-refractivity contribution < 1.29 is 28.7 Å². The van der Waals surface area contributed by atoms with E-state index in [4.69, 9.17) is 10.5 Å². The summed E-state index contributed by atoms with van der Waals surface area (Å²) in [5.74, 6) is -3.53. The first-order chi connectivity index (χ1) is 12.9. The van der Waals surface area contributed by atoms with Crippen LogP contribution in [0.25, 0.3) is 0 Å². The zero-order chi connectivity index (χ0) is 19.6. The Balaban J connectivity index is 1.50. The summed E-state index contributed by atoms with van der Waals surface area (Å²) in [6.07, 6.45) is 3.11. The molecular formula is C17H19N3O6S. The third-order valence-corrected chi connectivity index (χ3v) is 5.60. The summed E-state index contributed by atoms with van der Waals surface area (Å²) in [5.41, 5.74) is 5.35. The number of likely N-dealkylation sites (tertiary alicyclic amines) is 1. The number of carbonyl (C=O) groups excluding carboxylic acids is 5. The fraction of sp³-hybridized carbons (Fsp3) is 0.471. The number of esters is 1. The van der Waals surface area contributed by atoms with Gasteiger partial charge in [0.15, 0.2) is 6.61 Å². The maximum atomic E-state index is 12.3. The van der Waals surface area contributed by atoms with Gasteiger partial charge in [0, 0.05) is 0 Å². The number of hydrogen-bond donors (Lipinski definition) is 2. The molecule has 0 aromatic carbocycles. The molecule has 2 fully saturated rings. The first kappa shape index (κ1) is 19.0. The Morgan fingerprint density at radius 3 is 2.41 bits per heavy atom. The third-order valence-electron chi connectivity index (χ3n) is 4.77. The molecule has 1 aromatic heterocycles. The van der Waals surface area contributed by atoms with E-state index in [1.54, 1.807) is 5.38 Å². The van der Waals surface area contributed by atoms with Gasteiger partial charge in [0.05, 0.1) is 17.4 Å². The molecule has 2 atom stereocenters. The van der Waals surface area contributed by atoms with E-state index in [9.17, 15) is 24.0 Å². The van der Waals surface area contributed by atoms with Crippen LogP contribution in [0.5, 0.6) is 0 Å². The number of hydrogen-bond acceptors (Lipinski definition) is 7. The van der Waals surface area contributed by atoms with Crippen LogP contribution in [0.4, 0.5) is 5.00 Å². The second-order valence-electron chi connectivity index (χ2n) is 6.50. The molecule has 3 rings (SSSR count). The van der Waals surface area contributed by atoms with Crippen molar-refractivity contribution in [3.05, 3.63) is 17.0 Å². The average molecular weight is 393 g/mol. The number of imide groups is 1. The van der Waals surface area contributed by atoms with Gasteiger partial charge in [0.1, 0.15) is 11.5 Å². The van der Waals surface area contributed by atoms with Gasteiger partial charge >= 0.3 is 5.97 Å². The Morgan fingerprint density at radius 1 is 1.19 bits per heavy atom. The maximum absolute atomic E-state index is 12.3. The molecule has 1 saturated carbocycles. The van der Waals surface area contributed by atoms with Crippen molar-refractivity contribution in [2.75, 3.05) is 18.5 Å². The number of amides is 4. The van der Waals surface area contributed by atoms with Crippen molar-refractivity contribution in [2.45, 2.75) is 25.7 Å². The summed E-state index contributed by atoms with van der Waals surface area (Å²) < 4.78 is 4.86. The highest BCUT2D eigenvalue weighted by Gasteiger charge is 2.48. The summed E-state index contributed by atoms with van der Waals surface area (Å²) in [7, 11) is 0. The SMILES string of the molecule is NC(=O)c1ccsc1NC(=O)COC(=O)CN1C(=O)C2CCCCC2C1=O. The first-order valence-electron chi connectivity index (χ1n) is 8.56. The van der Waals surface area contributed by atoms with E-state index in [1.165, 1.54) is 6.07 Å². The van der Waals surface area contributed by atoms with Crippen molar-refractivity contribution in [3.63, 3.8) is 0 Å². The highest BCUT2D eigenvalue weighted by Crippen LogP contribution is 2.37. The Hall–Kier alpha value is -2.75. The van der Waals surface area contributed by atoms with Crippen molar-refractivity contribution in [3.8, 4) is 0 Å². The van der Waals surface area contributed by atoms with Crippen LogP contribution in [0.3, 0.4) is 0 Å². The molecule has 144 valence electrons. The fourth-order valence-corrected chi connectivity index (χ4v) is 4.28. The normalized spacial score (nSPS) is 21.7. The minimum atomic E-state index is -0.841. The standard InChI is InChI=1S/C17H19N3O6S/c18-14(23)11-5-6-27-15(11)19-12(21)8-26-13(22)7-20-16(24)9-3-1-2-4-10(9)17(20)25/h5-6,9-10H,1-4,7-8H2,(H2,18,23)(H,19,21). The van der Waals surface area contributed by atoms with Crippen LogP contribution in [0.15, 0.2) is 11.4 Å². The number of nitrogens with zero attached hydrogens (tertiary/aromatic N) is 1. The quantitative estimate of drug-likeness (QED) is 0.534. The Bertz CT molecular complexity index is 780. The topological polar surface area (TPSA) is 136 Å². The molecular weight excluding hydrogens is 374 g/mol. The van der Waals surface area contributed by atoms with E-state index < -0.39 is 30.9 Å². The van der Waals surface area contributed by atoms with Crippen LogP contribution in [-0.2, 0) is 23.9 Å². The van der Waals surface area contributed by atoms with Crippen LogP contribution in [0.1, 0.15) is 36.0 Å². The van der Waals surface area contributed by atoms with Crippen LogP contribution in [-0.4, -0.2) is 47.6 Å². The third kappa shape index (κ3) is 4.00. The molecule has 3 N–H and O–H groups in total. The van der Waals surface area contributed by atoms with Gasteiger partial charge in [-0.25, -0.2) is 0 Å². The second-order valence-corrected chi connectivity index (χ2v) is 7.41. The summed E-state index contributed by atoms with van der Waals surface area (Å²) in [4.78, 5) is 60.6. The zero-order valence-electron chi connectivity index (χ0n) is 14.4. The van der Waals surface area contributed by atoms with E-state index in [-0.39, 0.29) is 34.2 Å². The minimum Gasteiger partial charge on any atom is -0.454 e. The number of fused-ring (bicyclic) bond motifs is 1. The average Bonchev–Trinajstić information content (AvgIpc) is 3.19. The molecule has 1 aliphatic carbocycles. The van der Waals surface area contributed by atoms with E-state index in [0.29, 0.717) is 12.8 Å². The summed E-state index contributed by atoms with van der Waals surface area (Å²) in [6, 6.07) is 1.47. The molecule has 0 bridgehead atoms. The summed E-state index contributed by atoms with van der Waals surface area (Å²) in [6.45, 7) is -1.10. The maximum Gasteiger partial charge on any atom is 0.326 e. The smallest absolute Gasteiger partial charge is 0.326 e. The lowest BCUT2D eigenvalue weighted by molar-refractivity contribution is -0.154. The number of anilines is 1. The number of primary amides is 1. The molecule has 1 aromatic rings. The van der Waals surface area contributed by atoms with Crippen LogP contribution < -0.4 is 11.1 Å². The second kappa shape index (κ2) is 7.87. The van der Waals surface area contributed by atoms with Crippen LogP contribution >= 0.6 is 11.3 Å². The summed E-state index contributed by atoms with van der Waals surface area (Å²) >= 11 is 1.11. The lowest BCUT2D eigenvalue weighted by atomic mass is 9.81. The Morgan fingerprint density at radius 2 is 1.81 bits per heavy atom. The molecule has 9 nitrogen and oxygen atoms in total. The van der Waals surface area contributed by atoms with Gasteiger partial charge in [-0.3, -0.25) is 28.9 Å². The van der Waals surface area contributed by atoms with Crippen molar-refractivity contribution in [1.82, 2.24) is 4.90 Å². The molecule has 27 heavy (non-hydrogen) atoms. The minimum absolute atomic E-state index is 0.163. The lowest BCUT2D eigenvalue weighted by Gasteiger charge is -2.19. The monoisotopic (exact) mass is 393 g/mol. The largest absolute Gasteiger partial charge is 0.454 e. The van der Waals surface area contributed by atoms with Gasteiger partial charge in [0.2, 0.25) is 11.8 Å². The molecule has 10 heteroatoms. The van der Waals surface area contributed by atoms with Crippen LogP contribution in [0, 0.1) is 11.8 Å². The fourth-order valence-electron chi connectivity index (χ4n) is 3.47.